The fraction of sp³-hybridized carbons (Fsp3) is 0.143. The molecule has 0 unspecified atom stereocenters. The maximum atomic E-state index is 12.3. The van der Waals surface area contributed by atoms with Gasteiger partial charge in [0, 0.05) is 18.3 Å². The van der Waals surface area contributed by atoms with E-state index in [0.717, 1.165) is 16.7 Å². The summed E-state index contributed by atoms with van der Waals surface area (Å²) in [5.41, 5.74) is 14.5. The Balaban J connectivity index is 1.55. The topological polar surface area (TPSA) is 140 Å². The van der Waals surface area contributed by atoms with Crippen LogP contribution in [0.3, 0.4) is 0 Å². The molecule has 0 aliphatic rings. The SMILES string of the molecule is N=C(N)c1ccc(CNC(=O)c2cnn(Cc3ccc(CC(N)=O)cc3)c2)cc1. The lowest BCUT2D eigenvalue weighted by Gasteiger charge is -2.05. The molecule has 6 N–H and O–H groups in total. The van der Waals surface area contributed by atoms with E-state index in [9.17, 15) is 9.59 Å². The Morgan fingerprint density at radius 2 is 1.55 bits per heavy atom. The first-order chi connectivity index (χ1) is 13.9. The van der Waals surface area contributed by atoms with Crippen molar-refractivity contribution in [1.29, 1.82) is 5.41 Å². The quantitative estimate of drug-likeness (QED) is 0.338. The highest BCUT2D eigenvalue weighted by atomic mass is 16.2. The maximum Gasteiger partial charge on any atom is 0.254 e. The van der Waals surface area contributed by atoms with E-state index < -0.39 is 0 Å². The molecule has 148 valence electrons. The summed E-state index contributed by atoms with van der Waals surface area (Å²) in [6, 6.07) is 14.7. The van der Waals surface area contributed by atoms with Gasteiger partial charge in [-0.2, -0.15) is 5.10 Å². The van der Waals surface area contributed by atoms with Gasteiger partial charge in [-0.25, -0.2) is 0 Å². The van der Waals surface area contributed by atoms with E-state index in [-0.39, 0.29) is 24.1 Å². The van der Waals surface area contributed by atoms with Crippen molar-refractivity contribution in [3.63, 3.8) is 0 Å². The first-order valence-corrected chi connectivity index (χ1v) is 9.01. The van der Waals surface area contributed by atoms with Gasteiger partial charge in [0.25, 0.3) is 5.91 Å². The standard InChI is InChI=1S/C21H22N6O2/c22-19(28)9-14-1-3-16(4-2-14)12-27-13-18(11-26-27)21(29)25-10-15-5-7-17(8-6-15)20(23)24/h1-8,11,13H,9-10,12H2,(H2,22,28)(H3,23,24)(H,25,29). The zero-order chi connectivity index (χ0) is 20.8. The summed E-state index contributed by atoms with van der Waals surface area (Å²) in [4.78, 5) is 23.3. The number of amidine groups is 1. The Hall–Kier alpha value is -3.94. The fourth-order valence-corrected chi connectivity index (χ4v) is 2.80. The molecular weight excluding hydrogens is 368 g/mol. The zero-order valence-electron chi connectivity index (χ0n) is 15.8. The summed E-state index contributed by atoms with van der Waals surface area (Å²) >= 11 is 0. The van der Waals surface area contributed by atoms with E-state index in [0.29, 0.717) is 24.2 Å². The van der Waals surface area contributed by atoms with Gasteiger partial charge >= 0.3 is 0 Å². The van der Waals surface area contributed by atoms with Crippen LogP contribution in [0.4, 0.5) is 0 Å². The van der Waals surface area contributed by atoms with E-state index in [1.165, 1.54) is 6.20 Å². The van der Waals surface area contributed by atoms with Crippen LogP contribution in [0.1, 0.15) is 32.6 Å². The second-order valence-corrected chi connectivity index (χ2v) is 6.68. The molecule has 0 atom stereocenters. The fourth-order valence-electron chi connectivity index (χ4n) is 2.80. The molecule has 0 saturated heterocycles. The van der Waals surface area contributed by atoms with E-state index in [1.807, 2.05) is 36.4 Å². The predicted molar refractivity (Wildman–Crippen MR) is 109 cm³/mol. The highest BCUT2D eigenvalue weighted by Gasteiger charge is 2.09. The van der Waals surface area contributed by atoms with Crippen molar-refractivity contribution in [3.8, 4) is 0 Å². The number of amides is 2. The monoisotopic (exact) mass is 390 g/mol. The number of carbonyl (C=O) groups excluding carboxylic acids is 2. The van der Waals surface area contributed by atoms with Gasteiger partial charge in [-0.3, -0.25) is 19.7 Å². The Kier molecular flexibility index (Phi) is 6.03. The Morgan fingerprint density at radius 1 is 0.931 bits per heavy atom. The van der Waals surface area contributed by atoms with Gasteiger partial charge in [-0.15, -0.1) is 0 Å². The number of nitrogens with zero attached hydrogens (tertiary/aromatic N) is 2. The number of carbonyl (C=O) groups is 2. The van der Waals surface area contributed by atoms with Crippen LogP contribution < -0.4 is 16.8 Å². The number of nitrogens with one attached hydrogen (secondary N) is 2. The van der Waals surface area contributed by atoms with Gasteiger partial charge in [0.05, 0.1) is 24.7 Å². The van der Waals surface area contributed by atoms with Crippen molar-refractivity contribution in [2.24, 2.45) is 11.5 Å². The van der Waals surface area contributed by atoms with Crippen LogP contribution in [0.25, 0.3) is 0 Å². The molecule has 0 spiro atoms. The number of aromatic nitrogens is 2. The molecule has 29 heavy (non-hydrogen) atoms. The Morgan fingerprint density at radius 3 is 2.17 bits per heavy atom. The largest absolute Gasteiger partial charge is 0.384 e. The van der Waals surface area contributed by atoms with Crippen molar-refractivity contribution in [1.82, 2.24) is 15.1 Å². The molecule has 0 radical (unpaired) electrons. The van der Waals surface area contributed by atoms with E-state index in [1.54, 1.807) is 23.0 Å². The molecule has 0 aliphatic heterocycles. The molecule has 1 heterocycles. The van der Waals surface area contributed by atoms with Crippen LogP contribution in [0.15, 0.2) is 60.9 Å². The summed E-state index contributed by atoms with van der Waals surface area (Å²) in [6.07, 6.45) is 3.42. The second-order valence-electron chi connectivity index (χ2n) is 6.68. The van der Waals surface area contributed by atoms with Gasteiger partial charge in [0.1, 0.15) is 5.84 Å². The molecule has 2 amide bonds. The third-order valence-electron chi connectivity index (χ3n) is 4.36. The average molecular weight is 390 g/mol. The van der Waals surface area contributed by atoms with Crippen LogP contribution in [0.2, 0.25) is 0 Å². The lowest BCUT2D eigenvalue weighted by atomic mass is 10.1. The van der Waals surface area contributed by atoms with Crippen LogP contribution in [0, 0.1) is 5.41 Å². The number of rotatable bonds is 8. The number of hydrogen-bond acceptors (Lipinski definition) is 4. The van der Waals surface area contributed by atoms with E-state index in [2.05, 4.69) is 10.4 Å². The van der Waals surface area contributed by atoms with Crippen molar-refractivity contribution in [3.05, 3.63) is 88.7 Å². The van der Waals surface area contributed by atoms with Crippen LogP contribution in [-0.4, -0.2) is 27.4 Å². The molecule has 0 bridgehead atoms. The number of nitrogen functional groups attached to an aromatic ring is 1. The number of benzene rings is 2. The summed E-state index contributed by atoms with van der Waals surface area (Å²) in [5, 5.41) is 14.5. The van der Waals surface area contributed by atoms with Gasteiger partial charge < -0.3 is 16.8 Å². The minimum Gasteiger partial charge on any atom is -0.384 e. The smallest absolute Gasteiger partial charge is 0.254 e. The lowest BCUT2D eigenvalue weighted by Crippen LogP contribution is -2.22. The summed E-state index contributed by atoms with van der Waals surface area (Å²) in [5.74, 6) is -0.575. The van der Waals surface area contributed by atoms with Gasteiger partial charge in [0.2, 0.25) is 5.91 Å². The summed E-state index contributed by atoms with van der Waals surface area (Å²) < 4.78 is 1.68. The lowest BCUT2D eigenvalue weighted by molar-refractivity contribution is -0.117. The van der Waals surface area contributed by atoms with Crippen molar-refractivity contribution >= 4 is 17.6 Å². The Bertz CT molecular complexity index is 1020. The molecule has 8 nitrogen and oxygen atoms in total. The molecule has 1 aromatic heterocycles. The van der Waals surface area contributed by atoms with Crippen LogP contribution in [-0.2, 0) is 24.3 Å². The van der Waals surface area contributed by atoms with Gasteiger partial charge in [-0.05, 0) is 16.7 Å². The Labute approximate surface area is 168 Å². The third kappa shape index (κ3) is 5.52. The molecule has 2 aromatic carbocycles. The number of nitrogens with two attached hydrogens (primary N) is 2. The summed E-state index contributed by atoms with van der Waals surface area (Å²) in [7, 11) is 0. The molecule has 0 saturated carbocycles. The maximum absolute atomic E-state index is 12.3. The molecule has 3 aromatic rings. The van der Waals surface area contributed by atoms with E-state index in [4.69, 9.17) is 16.9 Å². The van der Waals surface area contributed by atoms with Crippen molar-refractivity contribution in [2.75, 3.05) is 0 Å². The predicted octanol–water partition coefficient (Wildman–Crippen LogP) is 1.17. The highest BCUT2D eigenvalue weighted by Crippen LogP contribution is 2.08. The van der Waals surface area contributed by atoms with Crippen molar-refractivity contribution < 1.29 is 9.59 Å². The number of primary amides is 1. The highest BCUT2D eigenvalue weighted by molar-refractivity contribution is 5.95. The molecule has 0 fully saturated rings. The normalized spacial score (nSPS) is 10.5. The van der Waals surface area contributed by atoms with E-state index >= 15 is 0 Å². The minimum absolute atomic E-state index is 0.00973. The van der Waals surface area contributed by atoms with Crippen molar-refractivity contribution in [2.45, 2.75) is 19.5 Å². The number of hydrogen-bond donors (Lipinski definition) is 4. The third-order valence-corrected chi connectivity index (χ3v) is 4.36. The molecular formula is C21H22N6O2. The summed E-state index contributed by atoms with van der Waals surface area (Å²) in [6.45, 7) is 0.875. The molecule has 0 aliphatic carbocycles. The average Bonchev–Trinajstić information content (AvgIpc) is 3.16. The first-order valence-electron chi connectivity index (χ1n) is 9.01. The van der Waals surface area contributed by atoms with Gasteiger partial charge in [-0.1, -0.05) is 48.5 Å². The van der Waals surface area contributed by atoms with Gasteiger partial charge in [0.15, 0.2) is 0 Å². The zero-order valence-corrected chi connectivity index (χ0v) is 15.8. The minimum atomic E-state index is -0.365. The van der Waals surface area contributed by atoms with Crippen LogP contribution in [0.5, 0.6) is 0 Å². The molecule has 3 rings (SSSR count). The molecule has 8 heteroatoms. The second kappa shape index (κ2) is 8.83. The first kappa shape index (κ1) is 19.8. The van der Waals surface area contributed by atoms with Crippen LogP contribution >= 0.6 is 0 Å².